The minimum Gasteiger partial charge on any atom is -0.481 e. The van der Waals surface area contributed by atoms with Crippen LogP contribution < -0.4 is 10.1 Å². The molecule has 5 heteroatoms. The molecular weight excluding hydrogens is 234 g/mol. The Morgan fingerprint density at radius 1 is 1.33 bits per heavy atom. The fourth-order valence-corrected chi connectivity index (χ4v) is 1.35. The van der Waals surface area contributed by atoms with Crippen molar-refractivity contribution >= 4 is 11.9 Å². The molecule has 0 aliphatic carbocycles. The third-order valence-electron chi connectivity index (χ3n) is 2.29. The Labute approximate surface area is 106 Å². The summed E-state index contributed by atoms with van der Waals surface area (Å²) in [6.07, 6.45) is -0.134. The van der Waals surface area contributed by atoms with E-state index in [9.17, 15) is 9.59 Å². The summed E-state index contributed by atoms with van der Waals surface area (Å²) in [5.41, 5.74) is 0. The van der Waals surface area contributed by atoms with Crippen molar-refractivity contribution in [2.45, 2.75) is 25.9 Å². The second-order valence-electron chi connectivity index (χ2n) is 3.86. The van der Waals surface area contributed by atoms with E-state index in [1.165, 1.54) is 0 Å². The van der Waals surface area contributed by atoms with Gasteiger partial charge in [-0.3, -0.25) is 9.59 Å². The molecule has 0 aliphatic heterocycles. The maximum Gasteiger partial charge on any atom is 0.303 e. The van der Waals surface area contributed by atoms with Crippen LogP contribution in [0.15, 0.2) is 30.3 Å². The van der Waals surface area contributed by atoms with Crippen molar-refractivity contribution in [3.05, 3.63) is 30.3 Å². The number of nitrogens with one attached hydrogen (secondary N) is 1. The van der Waals surface area contributed by atoms with Gasteiger partial charge in [-0.05, 0) is 25.5 Å². The van der Waals surface area contributed by atoms with E-state index in [1.54, 1.807) is 19.1 Å². The number of amides is 1. The maximum atomic E-state index is 11.6. The van der Waals surface area contributed by atoms with Crippen LogP contribution >= 0.6 is 0 Å². The van der Waals surface area contributed by atoms with Gasteiger partial charge in [0.2, 0.25) is 0 Å². The highest BCUT2D eigenvalue weighted by Gasteiger charge is 2.13. The van der Waals surface area contributed by atoms with Crippen LogP contribution in [0.1, 0.15) is 19.8 Å². The summed E-state index contributed by atoms with van der Waals surface area (Å²) in [4.78, 5) is 21.9. The van der Waals surface area contributed by atoms with Gasteiger partial charge in [0.1, 0.15) is 5.75 Å². The van der Waals surface area contributed by atoms with E-state index in [0.29, 0.717) is 18.7 Å². The lowest BCUT2D eigenvalue weighted by Gasteiger charge is -2.14. The van der Waals surface area contributed by atoms with Gasteiger partial charge in [-0.2, -0.15) is 0 Å². The van der Waals surface area contributed by atoms with E-state index in [-0.39, 0.29) is 12.3 Å². The van der Waals surface area contributed by atoms with Gasteiger partial charge in [0.25, 0.3) is 5.91 Å². The van der Waals surface area contributed by atoms with Crippen LogP contribution in [-0.2, 0) is 9.59 Å². The van der Waals surface area contributed by atoms with Crippen LogP contribution in [0.4, 0.5) is 0 Å². The molecule has 1 rings (SSSR count). The minimum absolute atomic E-state index is 0.0498. The zero-order valence-electron chi connectivity index (χ0n) is 10.3. The SMILES string of the molecule is CC(Oc1ccccc1)C(=O)NCCCC(=O)O. The molecule has 0 heterocycles. The van der Waals surface area contributed by atoms with Crippen molar-refractivity contribution in [1.29, 1.82) is 0 Å². The number of aliphatic carboxylic acids is 1. The number of carbonyl (C=O) groups is 2. The number of carbonyl (C=O) groups excluding carboxylic acids is 1. The summed E-state index contributed by atoms with van der Waals surface area (Å²) in [6.45, 7) is 1.99. The standard InChI is InChI=1S/C13H17NO4/c1-10(18-11-6-3-2-4-7-11)13(17)14-9-5-8-12(15)16/h2-4,6-7,10H,5,8-9H2,1H3,(H,14,17)(H,15,16). The van der Waals surface area contributed by atoms with Gasteiger partial charge in [0, 0.05) is 13.0 Å². The molecule has 0 aromatic heterocycles. The lowest BCUT2D eigenvalue weighted by molar-refractivity contribution is -0.137. The van der Waals surface area contributed by atoms with Crippen molar-refractivity contribution in [2.24, 2.45) is 0 Å². The maximum absolute atomic E-state index is 11.6. The molecule has 0 radical (unpaired) electrons. The van der Waals surface area contributed by atoms with Crippen molar-refractivity contribution in [3.63, 3.8) is 0 Å². The molecule has 98 valence electrons. The monoisotopic (exact) mass is 251 g/mol. The van der Waals surface area contributed by atoms with Gasteiger partial charge in [-0.25, -0.2) is 0 Å². The molecule has 0 bridgehead atoms. The zero-order valence-corrected chi connectivity index (χ0v) is 10.3. The second-order valence-corrected chi connectivity index (χ2v) is 3.86. The third kappa shape index (κ3) is 5.34. The van der Waals surface area contributed by atoms with Crippen LogP contribution in [0.3, 0.4) is 0 Å². The Morgan fingerprint density at radius 3 is 2.61 bits per heavy atom. The molecule has 5 nitrogen and oxygen atoms in total. The van der Waals surface area contributed by atoms with E-state index in [4.69, 9.17) is 9.84 Å². The summed E-state index contributed by atoms with van der Waals surface area (Å²) >= 11 is 0. The van der Waals surface area contributed by atoms with E-state index >= 15 is 0 Å². The largest absolute Gasteiger partial charge is 0.481 e. The average molecular weight is 251 g/mol. The van der Waals surface area contributed by atoms with E-state index in [1.807, 2.05) is 18.2 Å². The molecule has 1 atom stereocenters. The van der Waals surface area contributed by atoms with E-state index in [0.717, 1.165) is 0 Å². The molecular formula is C13H17NO4. The van der Waals surface area contributed by atoms with Crippen LogP contribution in [0.2, 0.25) is 0 Å². The van der Waals surface area contributed by atoms with E-state index < -0.39 is 12.1 Å². The second kappa shape index (κ2) is 7.32. The van der Waals surface area contributed by atoms with Gasteiger partial charge in [-0.1, -0.05) is 18.2 Å². The molecule has 0 aliphatic rings. The zero-order chi connectivity index (χ0) is 13.4. The number of ether oxygens (including phenoxy) is 1. The summed E-state index contributed by atoms with van der Waals surface area (Å²) < 4.78 is 5.43. The highest BCUT2D eigenvalue weighted by molar-refractivity contribution is 5.80. The van der Waals surface area contributed by atoms with Gasteiger partial charge in [-0.15, -0.1) is 0 Å². The summed E-state index contributed by atoms with van der Waals surface area (Å²) in [5, 5.41) is 11.1. The Kier molecular flexibility index (Phi) is 5.70. The predicted molar refractivity (Wildman–Crippen MR) is 66.4 cm³/mol. The summed E-state index contributed by atoms with van der Waals surface area (Å²) in [5.74, 6) is -0.479. The lowest BCUT2D eigenvalue weighted by atomic mass is 10.3. The van der Waals surface area contributed by atoms with Gasteiger partial charge in [0.05, 0.1) is 0 Å². The Bertz CT molecular complexity index is 391. The lowest BCUT2D eigenvalue weighted by Crippen LogP contribution is -2.36. The van der Waals surface area contributed by atoms with Crippen LogP contribution in [0.25, 0.3) is 0 Å². The van der Waals surface area contributed by atoms with Gasteiger partial charge in [0.15, 0.2) is 6.10 Å². The number of hydrogen-bond donors (Lipinski definition) is 2. The molecule has 1 aromatic rings. The van der Waals surface area contributed by atoms with Crippen LogP contribution in [0, 0.1) is 0 Å². The molecule has 1 unspecified atom stereocenters. The Morgan fingerprint density at radius 2 is 2.00 bits per heavy atom. The van der Waals surface area contributed by atoms with Crippen molar-refractivity contribution in [1.82, 2.24) is 5.32 Å². The minimum atomic E-state index is -0.863. The summed E-state index contributed by atoms with van der Waals surface area (Å²) in [7, 11) is 0. The highest BCUT2D eigenvalue weighted by atomic mass is 16.5. The number of hydrogen-bond acceptors (Lipinski definition) is 3. The fourth-order valence-electron chi connectivity index (χ4n) is 1.35. The van der Waals surface area contributed by atoms with Crippen LogP contribution in [0.5, 0.6) is 5.75 Å². The number of para-hydroxylation sites is 1. The molecule has 1 amide bonds. The Balaban J connectivity index is 2.27. The van der Waals surface area contributed by atoms with Crippen molar-refractivity contribution in [2.75, 3.05) is 6.54 Å². The first-order valence-electron chi connectivity index (χ1n) is 5.81. The third-order valence-corrected chi connectivity index (χ3v) is 2.29. The van der Waals surface area contributed by atoms with Crippen LogP contribution in [-0.4, -0.2) is 29.6 Å². The van der Waals surface area contributed by atoms with Gasteiger partial charge < -0.3 is 15.2 Å². The fraction of sp³-hybridized carbons (Fsp3) is 0.385. The normalized spacial score (nSPS) is 11.6. The quantitative estimate of drug-likeness (QED) is 0.719. The molecule has 0 saturated heterocycles. The first-order valence-corrected chi connectivity index (χ1v) is 5.81. The molecule has 2 N–H and O–H groups in total. The van der Waals surface area contributed by atoms with Crippen molar-refractivity contribution in [3.8, 4) is 5.75 Å². The topological polar surface area (TPSA) is 75.6 Å². The number of benzene rings is 1. The van der Waals surface area contributed by atoms with Crippen molar-refractivity contribution < 1.29 is 19.4 Å². The highest BCUT2D eigenvalue weighted by Crippen LogP contribution is 2.10. The van der Waals surface area contributed by atoms with E-state index in [2.05, 4.69) is 5.32 Å². The molecule has 0 saturated carbocycles. The van der Waals surface area contributed by atoms with Gasteiger partial charge >= 0.3 is 5.97 Å². The average Bonchev–Trinajstić information content (AvgIpc) is 2.35. The number of carboxylic acids is 1. The number of carboxylic acid groups (broad SMARTS) is 1. The molecule has 18 heavy (non-hydrogen) atoms. The first-order chi connectivity index (χ1) is 8.59. The molecule has 0 spiro atoms. The number of rotatable bonds is 7. The Hall–Kier alpha value is -2.04. The molecule has 0 fully saturated rings. The smallest absolute Gasteiger partial charge is 0.303 e. The first kappa shape index (κ1) is 14.0. The molecule has 1 aromatic carbocycles. The summed E-state index contributed by atoms with van der Waals surface area (Å²) in [6, 6.07) is 9.06. The predicted octanol–water partition coefficient (Wildman–Crippen LogP) is 1.43.